The van der Waals surface area contributed by atoms with Crippen molar-refractivity contribution < 1.29 is 14.3 Å². The Balaban J connectivity index is 2.14. The number of hydrogen-bond acceptors (Lipinski definition) is 4. The Morgan fingerprint density at radius 2 is 1.96 bits per heavy atom. The van der Waals surface area contributed by atoms with Crippen LogP contribution in [-0.2, 0) is 16.1 Å². The van der Waals surface area contributed by atoms with Crippen LogP contribution in [0, 0.1) is 0 Å². The lowest BCUT2D eigenvalue weighted by Gasteiger charge is -2.27. The molecule has 1 aromatic rings. The predicted octanol–water partition coefficient (Wildman–Crippen LogP) is 1.64. The third-order valence-electron chi connectivity index (χ3n) is 3.65. The van der Waals surface area contributed by atoms with Gasteiger partial charge in [-0.25, -0.2) is 9.59 Å². The zero-order valence-electron chi connectivity index (χ0n) is 13.6. The largest absolute Gasteiger partial charge is 0.463 e. The van der Waals surface area contributed by atoms with Crippen molar-refractivity contribution in [3.8, 4) is 0 Å². The highest BCUT2D eigenvalue weighted by Gasteiger charge is 2.24. The highest BCUT2D eigenvalue weighted by Crippen LogP contribution is 2.12. The van der Waals surface area contributed by atoms with Gasteiger partial charge in [-0.15, -0.1) is 0 Å². The van der Waals surface area contributed by atoms with Crippen LogP contribution in [0.3, 0.4) is 0 Å². The molecule has 1 aliphatic rings. The van der Waals surface area contributed by atoms with Crippen LogP contribution in [0.2, 0.25) is 0 Å². The van der Waals surface area contributed by atoms with Gasteiger partial charge in [-0.2, -0.15) is 0 Å². The van der Waals surface area contributed by atoms with E-state index in [1.165, 1.54) is 5.56 Å². The monoisotopic (exact) mass is 317 g/mol. The molecule has 2 amide bonds. The molecular weight excluding hydrogens is 294 g/mol. The predicted molar refractivity (Wildman–Crippen MR) is 87.6 cm³/mol. The second kappa shape index (κ2) is 8.33. The molecule has 0 bridgehead atoms. The smallest absolute Gasteiger partial charge is 0.337 e. The lowest BCUT2D eigenvalue weighted by Crippen LogP contribution is -2.46. The molecule has 2 N–H and O–H groups in total. The van der Waals surface area contributed by atoms with Crippen molar-refractivity contribution in [3.05, 3.63) is 47.2 Å². The Labute approximate surface area is 136 Å². The second-order valence-electron chi connectivity index (χ2n) is 5.27. The van der Waals surface area contributed by atoms with Gasteiger partial charge in [0.2, 0.25) is 0 Å². The summed E-state index contributed by atoms with van der Waals surface area (Å²) >= 11 is 0. The number of carbonyl (C=O) groups excluding carboxylic acids is 2. The highest BCUT2D eigenvalue weighted by molar-refractivity contribution is 5.93. The van der Waals surface area contributed by atoms with Crippen LogP contribution in [0.4, 0.5) is 4.79 Å². The molecule has 1 aromatic carbocycles. The van der Waals surface area contributed by atoms with Crippen molar-refractivity contribution in [1.29, 1.82) is 0 Å². The number of ether oxygens (including phenoxy) is 1. The minimum atomic E-state index is -0.384. The third-order valence-corrected chi connectivity index (χ3v) is 3.65. The first-order valence-electron chi connectivity index (χ1n) is 7.84. The summed E-state index contributed by atoms with van der Waals surface area (Å²) < 4.78 is 5.07. The van der Waals surface area contributed by atoms with Crippen molar-refractivity contribution in [2.45, 2.75) is 20.4 Å². The SMILES string of the molecule is CCOC(=O)C1=C(CN(CC)Cc2ccccc2)NC(=O)NC1. The molecule has 6 heteroatoms. The van der Waals surface area contributed by atoms with E-state index in [2.05, 4.69) is 34.6 Å². The number of rotatable bonds is 7. The molecule has 0 fully saturated rings. The van der Waals surface area contributed by atoms with Crippen LogP contribution >= 0.6 is 0 Å². The molecule has 1 aliphatic heterocycles. The van der Waals surface area contributed by atoms with Crippen LogP contribution in [0.5, 0.6) is 0 Å². The van der Waals surface area contributed by atoms with Crippen LogP contribution in [0.1, 0.15) is 19.4 Å². The lowest BCUT2D eigenvalue weighted by atomic mass is 10.1. The van der Waals surface area contributed by atoms with Gasteiger partial charge in [-0.05, 0) is 19.0 Å². The molecule has 23 heavy (non-hydrogen) atoms. The number of nitrogens with one attached hydrogen (secondary N) is 2. The van der Waals surface area contributed by atoms with Crippen molar-refractivity contribution in [3.63, 3.8) is 0 Å². The fraction of sp³-hybridized carbons (Fsp3) is 0.412. The van der Waals surface area contributed by atoms with Crippen molar-refractivity contribution >= 4 is 12.0 Å². The van der Waals surface area contributed by atoms with E-state index in [0.29, 0.717) is 24.4 Å². The maximum Gasteiger partial charge on any atom is 0.337 e. The van der Waals surface area contributed by atoms with Crippen LogP contribution < -0.4 is 10.6 Å². The maximum absolute atomic E-state index is 12.1. The van der Waals surface area contributed by atoms with Gasteiger partial charge in [0.1, 0.15) is 0 Å². The van der Waals surface area contributed by atoms with Crippen LogP contribution in [0.25, 0.3) is 0 Å². The fourth-order valence-electron chi connectivity index (χ4n) is 2.43. The zero-order chi connectivity index (χ0) is 16.7. The number of likely N-dealkylation sites (N-methyl/N-ethyl adjacent to an activating group) is 1. The molecule has 0 radical (unpaired) electrons. The average Bonchev–Trinajstić information content (AvgIpc) is 2.55. The number of esters is 1. The molecule has 0 aromatic heterocycles. The first-order chi connectivity index (χ1) is 11.1. The molecule has 0 atom stereocenters. The number of hydrogen-bond donors (Lipinski definition) is 2. The van der Waals surface area contributed by atoms with E-state index in [9.17, 15) is 9.59 Å². The van der Waals surface area contributed by atoms with E-state index in [4.69, 9.17) is 4.74 Å². The minimum absolute atomic E-state index is 0.197. The van der Waals surface area contributed by atoms with Crippen LogP contribution in [0.15, 0.2) is 41.6 Å². The van der Waals surface area contributed by atoms with Crippen molar-refractivity contribution in [2.75, 3.05) is 26.2 Å². The standard InChI is InChI=1S/C17H23N3O3/c1-3-20(11-13-8-6-5-7-9-13)12-15-14(16(21)23-4-2)10-18-17(22)19-15/h5-9H,3-4,10-12H2,1-2H3,(H2,18,19,22). The third kappa shape index (κ3) is 4.82. The molecule has 124 valence electrons. The molecule has 0 saturated carbocycles. The molecular formula is C17H23N3O3. The Hall–Kier alpha value is -2.34. The number of urea groups is 1. The second-order valence-corrected chi connectivity index (χ2v) is 5.27. The normalized spacial score (nSPS) is 14.5. The van der Waals surface area contributed by atoms with E-state index in [1.54, 1.807) is 6.92 Å². The number of nitrogens with zero attached hydrogens (tertiary/aromatic N) is 1. The first kappa shape index (κ1) is 17.0. The van der Waals surface area contributed by atoms with E-state index in [-0.39, 0.29) is 18.5 Å². The van der Waals surface area contributed by atoms with E-state index < -0.39 is 0 Å². The molecule has 1 heterocycles. The first-order valence-corrected chi connectivity index (χ1v) is 7.84. The highest BCUT2D eigenvalue weighted by atomic mass is 16.5. The van der Waals surface area contributed by atoms with E-state index >= 15 is 0 Å². The zero-order valence-corrected chi connectivity index (χ0v) is 13.6. The van der Waals surface area contributed by atoms with Crippen LogP contribution in [-0.4, -0.2) is 43.1 Å². The van der Waals surface area contributed by atoms with Gasteiger partial charge in [-0.3, -0.25) is 4.90 Å². The Bertz CT molecular complexity index is 584. The van der Waals surface area contributed by atoms with E-state index in [1.807, 2.05) is 18.2 Å². The van der Waals surface area contributed by atoms with Gasteiger partial charge in [0.05, 0.1) is 18.7 Å². The van der Waals surface area contributed by atoms with Crippen molar-refractivity contribution in [2.24, 2.45) is 0 Å². The summed E-state index contributed by atoms with van der Waals surface area (Å²) in [6.45, 7) is 6.37. The average molecular weight is 317 g/mol. The lowest BCUT2D eigenvalue weighted by molar-refractivity contribution is -0.138. The van der Waals surface area contributed by atoms with Gasteiger partial charge in [0.15, 0.2) is 0 Å². The summed E-state index contributed by atoms with van der Waals surface area (Å²) in [7, 11) is 0. The Morgan fingerprint density at radius 1 is 1.22 bits per heavy atom. The fourth-order valence-corrected chi connectivity index (χ4v) is 2.43. The van der Waals surface area contributed by atoms with Gasteiger partial charge >= 0.3 is 12.0 Å². The van der Waals surface area contributed by atoms with Crippen molar-refractivity contribution in [1.82, 2.24) is 15.5 Å². The van der Waals surface area contributed by atoms with Gasteiger partial charge < -0.3 is 15.4 Å². The summed E-state index contributed by atoms with van der Waals surface area (Å²) in [5.74, 6) is -0.384. The maximum atomic E-state index is 12.1. The number of benzene rings is 1. The molecule has 6 nitrogen and oxygen atoms in total. The quantitative estimate of drug-likeness (QED) is 0.750. The summed E-state index contributed by atoms with van der Waals surface area (Å²) in [4.78, 5) is 25.8. The topological polar surface area (TPSA) is 70.7 Å². The summed E-state index contributed by atoms with van der Waals surface area (Å²) in [6, 6.07) is 9.81. The van der Waals surface area contributed by atoms with Gasteiger partial charge in [-0.1, -0.05) is 37.3 Å². The number of carbonyl (C=O) groups is 2. The van der Waals surface area contributed by atoms with Gasteiger partial charge in [0, 0.05) is 18.8 Å². The van der Waals surface area contributed by atoms with E-state index in [0.717, 1.165) is 13.1 Å². The summed E-state index contributed by atoms with van der Waals surface area (Å²) in [5, 5.41) is 5.36. The van der Waals surface area contributed by atoms with Gasteiger partial charge in [0.25, 0.3) is 0 Å². The summed E-state index contributed by atoms with van der Waals surface area (Å²) in [6.07, 6.45) is 0. The molecule has 0 aliphatic carbocycles. The molecule has 0 spiro atoms. The molecule has 0 saturated heterocycles. The molecule has 2 rings (SSSR count). The molecule has 0 unspecified atom stereocenters. The Kier molecular flexibility index (Phi) is 6.17. The summed E-state index contributed by atoms with van der Waals surface area (Å²) in [5.41, 5.74) is 2.29. The minimum Gasteiger partial charge on any atom is -0.463 e. The Morgan fingerprint density at radius 3 is 2.61 bits per heavy atom. The number of amides is 2.